The molecule has 1 rings (SSSR count). The Balaban J connectivity index is 2.12. The van der Waals surface area contributed by atoms with E-state index in [2.05, 4.69) is 4.84 Å². The Morgan fingerprint density at radius 1 is 1.67 bits per heavy atom. The van der Waals surface area contributed by atoms with E-state index in [-0.39, 0.29) is 12.5 Å². The number of hydrogen-bond acceptors (Lipinski definition) is 3. The van der Waals surface area contributed by atoms with E-state index in [4.69, 9.17) is 11.0 Å². The first kappa shape index (κ1) is 6.99. The highest BCUT2D eigenvalue weighted by atomic mass is 16.6. The maximum atomic E-state index is 8.73. The largest absolute Gasteiger partial charge is 0.396 e. The third kappa shape index (κ3) is 1.93. The molecule has 1 aliphatic carbocycles. The van der Waals surface area contributed by atoms with E-state index < -0.39 is 0 Å². The van der Waals surface area contributed by atoms with Crippen molar-refractivity contribution in [2.45, 2.75) is 12.8 Å². The van der Waals surface area contributed by atoms with Crippen molar-refractivity contribution < 1.29 is 9.94 Å². The predicted octanol–water partition coefficient (Wildman–Crippen LogP) is -0.105. The molecule has 0 aromatic carbocycles. The van der Waals surface area contributed by atoms with Crippen molar-refractivity contribution >= 4 is 0 Å². The van der Waals surface area contributed by atoms with Crippen molar-refractivity contribution in [2.75, 3.05) is 13.2 Å². The van der Waals surface area contributed by atoms with Gasteiger partial charge in [0, 0.05) is 12.5 Å². The lowest BCUT2D eigenvalue weighted by Gasteiger charge is -2.09. The molecule has 0 saturated heterocycles. The van der Waals surface area contributed by atoms with Crippen LogP contribution < -0.4 is 5.90 Å². The van der Waals surface area contributed by atoms with Gasteiger partial charge >= 0.3 is 0 Å². The van der Waals surface area contributed by atoms with Crippen LogP contribution in [0.4, 0.5) is 0 Å². The van der Waals surface area contributed by atoms with Gasteiger partial charge in [-0.3, -0.25) is 0 Å². The zero-order valence-corrected chi connectivity index (χ0v) is 5.42. The number of aliphatic hydroxyl groups excluding tert-OH is 1. The van der Waals surface area contributed by atoms with Gasteiger partial charge in [-0.05, 0) is 18.8 Å². The van der Waals surface area contributed by atoms with E-state index in [1.165, 1.54) is 12.8 Å². The SMILES string of the molecule is NOCC(CO)C1CC1. The molecule has 3 heteroatoms. The van der Waals surface area contributed by atoms with Crippen LogP contribution in [-0.2, 0) is 4.84 Å². The van der Waals surface area contributed by atoms with E-state index >= 15 is 0 Å². The molecule has 0 heterocycles. The molecular weight excluding hydrogens is 118 g/mol. The van der Waals surface area contributed by atoms with Gasteiger partial charge in [-0.1, -0.05) is 0 Å². The maximum absolute atomic E-state index is 8.73. The smallest absolute Gasteiger partial charge is 0.0731 e. The van der Waals surface area contributed by atoms with Crippen LogP contribution in [0.25, 0.3) is 0 Å². The molecule has 1 unspecified atom stereocenters. The third-order valence-corrected chi connectivity index (χ3v) is 1.83. The van der Waals surface area contributed by atoms with Crippen molar-refractivity contribution in [2.24, 2.45) is 17.7 Å². The van der Waals surface area contributed by atoms with Crippen LogP contribution >= 0.6 is 0 Å². The van der Waals surface area contributed by atoms with Gasteiger partial charge in [-0.25, -0.2) is 5.90 Å². The first-order valence-corrected chi connectivity index (χ1v) is 3.31. The molecule has 1 aliphatic rings. The zero-order valence-electron chi connectivity index (χ0n) is 5.42. The highest BCUT2D eigenvalue weighted by Crippen LogP contribution is 2.36. The molecule has 0 bridgehead atoms. The Morgan fingerprint density at radius 3 is 2.67 bits per heavy atom. The first-order chi connectivity index (χ1) is 4.38. The molecule has 1 atom stereocenters. The molecule has 9 heavy (non-hydrogen) atoms. The average Bonchev–Trinajstić information content (AvgIpc) is 2.64. The second kappa shape index (κ2) is 3.15. The summed E-state index contributed by atoms with van der Waals surface area (Å²) in [6.45, 7) is 0.711. The van der Waals surface area contributed by atoms with E-state index in [0.29, 0.717) is 12.5 Å². The summed E-state index contributed by atoms with van der Waals surface area (Å²) in [7, 11) is 0. The van der Waals surface area contributed by atoms with Gasteiger partial charge in [0.25, 0.3) is 0 Å². The summed E-state index contributed by atoms with van der Waals surface area (Å²) in [5.74, 6) is 5.83. The van der Waals surface area contributed by atoms with Gasteiger partial charge in [0.05, 0.1) is 6.61 Å². The molecule has 0 amide bonds. The fourth-order valence-electron chi connectivity index (χ4n) is 1.03. The van der Waals surface area contributed by atoms with E-state index in [0.717, 1.165) is 0 Å². The summed E-state index contributed by atoms with van der Waals surface area (Å²) < 4.78 is 0. The highest BCUT2D eigenvalue weighted by Gasteiger charge is 2.30. The van der Waals surface area contributed by atoms with E-state index in [1.54, 1.807) is 0 Å². The van der Waals surface area contributed by atoms with Gasteiger partial charge in [0.15, 0.2) is 0 Å². The number of hydrogen-bond donors (Lipinski definition) is 2. The quantitative estimate of drug-likeness (QED) is 0.524. The summed E-state index contributed by atoms with van der Waals surface area (Å²) in [4.78, 5) is 4.44. The fraction of sp³-hybridized carbons (Fsp3) is 1.00. The number of rotatable bonds is 4. The average molecular weight is 131 g/mol. The minimum Gasteiger partial charge on any atom is -0.396 e. The molecule has 0 aliphatic heterocycles. The fourth-order valence-corrected chi connectivity index (χ4v) is 1.03. The second-order valence-electron chi connectivity index (χ2n) is 2.61. The Labute approximate surface area is 54.8 Å². The Bertz CT molecular complexity index is 83.1. The first-order valence-electron chi connectivity index (χ1n) is 3.31. The van der Waals surface area contributed by atoms with Crippen molar-refractivity contribution in [3.8, 4) is 0 Å². The maximum Gasteiger partial charge on any atom is 0.0731 e. The molecular formula is C6H13NO2. The summed E-state index contributed by atoms with van der Waals surface area (Å²) >= 11 is 0. The van der Waals surface area contributed by atoms with Gasteiger partial charge in [-0.2, -0.15) is 0 Å². The Hall–Kier alpha value is -0.120. The normalized spacial score (nSPS) is 22.0. The summed E-state index contributed by atoms with van der Waals surface area (Å²) in [5, 5.41) is 8.73. The number of aliphatic hydroxyl groups is 1. The standard InChI is InChI=1S/C6H13NO2/c7-9-4-6(3-8)5-1-2-5/h5-6,8H,1-4,7H2. The molecule has 1 saturated carbocycles. The zero-order chi connectivity index (χ0) is 6.69. The summed E-state index contributed by atoms with van der Waals surface area (Å²) in [6, 6.07) is 0. The Morgan fingerprint density at radius 2 is 2.33 bits per heavy atom. The van der Waals surface area contributed by atoms with Crippen molar-refractivity contribution in [1.82, 2.24) is 0 Å². The molecule has 0 radical (unpaired) electrons. The van der Waals surface area contributed by atoms with Crippen molar-refractivity contribution in [1.29, 1.82) is 0 Å². The minimum absolute atomic E-state index is 0.210. The van der Waals surface area contributed by atoms with Crippen molar-refractivity contribution in [3.05, 3.63) is 0 Å². The highest BCUT2D eigenvalue weighted by molar-refractivity contribution is 4.80. The van der Waals surface area contributed by atoms with Crippen LogP contribution in [0.15, 0.2) is 0 Å². The van der Waals surface area contributed by atoms with Gasteiger partial charge in [0.1, 0.15) is 0 Å². The Kier molecular flexibility index (Phi) is 2.45. The van der Waals surface area contributed by atoms with Crippen LogP contribution in [0, 0.1) is 11.8 Å². The lowest BCUT2D eigenvalue weighted by molar-refractivity contribution is 0.0644. The summed E-state index contributed by atoms with van der Waals surface area (Å²) in [5.41, 5.74) is 0. The predicted molar refractivity (Wildman–Crippen MR) is 33.4 cm³/mol. The van der Waals surface area contributed by atoms with E-state index in [1.807, 2.05) is 0 Å². The minimum atomic E-state index is 0.210. The molecule has 0 aromatic rings. The van der Waals surface area contributed by atoms with Crippen LogP contribution in [0.1, 0.15) is 12.8 Å². The van der Waals surface area contributed by atoms with Gasteiger partial charge < -0.3 is 9.94 Å². The monoisotopic (exact) mass is 131 g/mol. The third-order valence-electron chi connectivity index (χ3n) is 1.83. The molecule has 3 N–H and O–H groups in total. The lowest BCUT2D eigenvalue weighted by Crippen LogP contribution is -2.18. The van der Waals surface area contributed by atoms with Crippen LogP contribution in [0.5, 0.6) is 0 Å². The van der Waals surface area contributed by atoms with Gasteiger partial charge in [0.2, 0.25) is 0 Å². The van der Waals surface area contributed by atoms with Crippen LogP contribution in [0.3, 0.4) is 0 Å². The topological polar surface area (TPSA) is 55.5 Å². The van der Waals surface area contributed by atoms with Crippen LogP contribution in [0.2, 0.25) is 0 Å². The molecule has 0 aromatic heterocycles. The molecule has 1 fully saturated rings. The molecule has 54 valence electrons. The molecule has 3 nitrogen and oxygen atoms in total. The summed E-state index contributed by atoms with van der Waals surface area (Å²) in [6.07, 6.45) is 2.46. The molecule has 0 spiro atoms. The number of nitrogens with two attached hydrogens (primary N) is 1. The van der Waals surface area contributed by atoms with Crippen molar-refractivity contribution in [3.63, 3.8) is 0 Å². The van der Waals surface area contributed by atoms with Crippen LogP contribution in [-0.4, -0.2) is 18.3 Å². The van der Waals surface area contributed by atoms with E-state index in [9.17, 15) is 0 Å². The lowest BCUT2D eigenvalue weighted by atomic mass is 10.1. The van der Waals surface area contributed by atoms with Gasteiger partial charge in [-0.15, -0.1) is 0 Å². The second-order valence-corrected chi connectivity index (χ2v) is 2.61.